The number of rotatable bonds is 6. The highest BCUT2D eigenvalue weighted by Gasteiger charge is 2.30. The monoisotopic (exact) mass is 835 g/mol. The van der Waals surface area contributed by atoms with E-state index in [9.17, 15) is 0 Å². The minimum Gasteiger partial charge on any atom is -0.308 e. The first kappa shape index (κ1) is 41.7. The quantitative estimate of drug-likeness (QED) is 0.159. The first-order valence-electron chi connectivity index (χ1n) is 23.1. The Morgan fingerprint density at radius 2 is 0.621 bits per heavy atom. The predicted molar refractivity (Wildman–Crippen MR) is 312 cm³/mol. The number of hydrogen-bond acceptors (Lipinski definition) is 3. The van der Waals surface area contributed by atoms with Gasteiger partial charge in [0, 0.05) is 38.6 Å². The molecule has 0 N–H and O–H groups in total. The zero-order valence-corrected chi connectivity index (χ0v) is 39.5. The Morgan fingerprint density at radius 3 is 1.12 bits per heavy atom. The van der Waals surface area contributed by atoms with Crippen molar-refractivity contribution in [2.24, 2.45) is 0 Å². The highest BCUT2D eigenvalue weighted by Crippen LogP contribution is 2.39. The Morgan fingerprint density at radius 1 is 0.273 bits per heavy atom. The van der Waals surface area contributed by atoms with Crippen molar-refractivity contribution in [2.45, 2.75) is 0 Å². The molecule has 0 saturated carbocycles. The summed E-state index contributed by atoms with van der Waals surface area (Å²) in [4.78, 5) is 16.2. The SMILES string of the molecule is Bc1c(B)c(B)c2c(c1B)c1c(B)c(B)c3c4c(B)c(B)c(B)c(B)c4n(-c4nc(-c5ccccc5)nc(-c5ccccc5)n4)c3c1n2-c1cccc(-c2cccc(-c3ccccc3)c2)c1. The van der Waals surface area contributed by atoms with Crippen molar-refractivity contribution in [3.8, 4) is 56.7 Å². The van der Waals surface area contributed by atoms with Crippen LogP contribution in [-0.4, -0.2) is 103 Å². The van der Waals surface area contributed by atoms with Gasteiger partial charge in [-0.1, -0.05) is 165 Å². The molecule has 0 radical (unpaired) electrons. The van der Waals surface area contributed by atoms with Gasteiger partial charge < -0.3 is 4.57 Å². The molecule has 66 heavy (non-hydrogen) atoms. The van der Waals surface area contributed by atoms with Crippen molar-refractivity contribution < 1.29 is 0 Å². The lowest BCUT2D eigenvalue weighted by molar-refractivity contribution is 0.955. The standard InChI is InChI=1S/C51H43B10N5/c52-35-33-31-37(54)39(56)41(58)43(60)45(31)65(30-21-11-20-29(23-30)28-19-10-18-27(22-28)24-12-4-1-5-13-24)47(33)48-34(36(35)53)32-38(55)40(57)42(59)44(61)46(32)66(48)51-63-49(25-14-6-2-7-15-25)62-50(64-51)26-16-8-3-9-17-26/h1-23H,52-61H2. The van der Waals surface area contributed by atoms with Gasteiger partial charge in [0.25, 0.3) is 0 Å². The molecule has 5 nitrogen and oxygen atoms in total. The molecule has 0 spiro atoms. The van der Waals surface area contributed by atoms with E-state index in [2.05, 4.69) is 215 Å². The van der Waals surface area contributed by atoms with Crippen LogP contribution in [0.5, 0.6) is 0 Å². The van der Waals surface area contributed by atoms with Gasteiger partial charge in [0.15, 0.2) is 11.6 Å². The maximum Gasteiger partial charge on any atom is 0.238 e. The van der Waals surface area contributed by atoms with Gasteiger partial charge in [-0.3, -0.25) is 4.57 Å². The van der Waals surface area contributed by atoms with Gasteiger partial charge in [0.05, 0.1) is 11.0 Å². The smallest absolute Gasteiger partial charge is 0.238 e. The fraction of sp³-hybridized carbons (Fsp3) is 0. The summed E-state index contributed by atoms with van der Waals surface area (Å²) in [6, 6.07) is 49.4. The lowest BCUT2D eigenvalue weighted by Gasteiger charge is -2.17. The summed E-state index contributed by atoms with van der Waals surface area (Å²) in [7, 11) is 23.0. The molecule has 0 unspecified atom stereocenters. The fourth-order valence-corrected chi connectivity index (χ4v) is 10.7. The topological polar surface area (TPSA) is 48.5 Å². The lowest BCUT2D eigenvalue weighted by Crippen LogP contribution is -2.48. The molecule has 0 atom stereocenters. The molecule has 0 fully saturated rings. The van der Waals surface area contributed by atoms with Crippen LogP contribution in [0.4, 0.5) is 0 Å². The van der Waals surface area contributed by atoms with Crippen molar-refractivity contribution in [1.29, 1.82) is 0 Å². The van der Waals surface area contributed by atoms with Crippen LogP contribution in [-0.2, 0) is 0 Å². The molecule has 0 saturated heterocycles. The van der Waals surface area contributed by atoms with Crippen LogP contribution in [0.3, 0.4) is 0 Å². The molecule has 0 aliphatic heterocycles. The third-order valence-corrected chi connectivity index (χ3v) is 15.0. The Kier molecular flexibility index (Phi) is 10.0. The largest absolute Gasteiger partial charge is 0.308 e. The van der Waals surface area contributed by atoms with Gasteiger partial charge in [0.2, 0.25) is 5.95 Å². The van der Waals surface area contributed by atoms with Gasteiger partial charge in [0.1, 0.15) is 78.5 Å². The number of hydrogen-bond donors (Lipinski definition) is 0. The van der Waals surface area contributed by atoms with E-state index in [1.807, 2.05) is 12.1 Å². The van der Waals surface area contributed by atoms with Crippen molar-refractivity contribution in [2.75, 3.05) is 0 Å². The van der Waals surface area contributed by atoms with Crippen LogP contribution in [0.1, 0.15) is 0 Å². The molecule has 11 rings (SSSR count). The molecule has 0 aliphatic rings. The average molecular weight is 834 g/mol. The van der Waals surface area contributed by atoms with Crippen molar-refractivity contribution >= 4 is 177 Å². The molecule has 302 valence electrons. The van der Waals surface area contributed by atoms with E-state index in [-0.39, 0.29) is 0 Å². The number of fused-ring (bicyclic) bond motifs is 7. The average Bonchev–Trinajstić information content (AvgIpc) is 3.91. The summed E-state index contributed by atoms with van der Waals surface area (Å²) in [5, 5.41) is 5.05. The first-order chi connectivity index (χ1) is 31.9. The van der Waals surface area contributed by atoms with E-state index < -0.39 is 0 Å². The van der Waals surface area contributed by atoms with E-state index >= 15 is 0 Å². The minimum absolute atomic E-state index is 0.599. The third kappa shape index (κ3) is 6.26. The maximum absolute atomic E-state index is 5.49. The second-order valence-corrected chi connectivity index (χ2v) is 18.3. The molecule has 3 aromatic heterocycles. The molecular formula is C51H43B10N5. The Balaban J connectivity index is 1.36. The second kappa shape index (κ2) is 15.9. The highest BCUT2D eigenvalue weighted by molar-refractivity contribution is 6.71. The maximum atomic E-state index is 5.49. The Hall–Kier alpha value is -6.98. The summed E-state index contributed by atoms with van der Waals surface area (Å²) >= 11 is 0. The summed E-state index contributed by atoms with van der Waals surface area (Å²) in [6.45, 7) is 0. The van der Waals surface area contributed by atoms with E-state index in [1.54, 1.807) is 0 Å². The molecule has 3 heterocycles. The van der Waals surface area contributed by atoms with Crippen LogP contribution in [0.15, 0.2) is 140 Å². The molecule has 8 aromatic carbocycles. The van der Waals surface area contributed by atoms with E-state index in [0.717, 1.165) is 38.9 Å². The summed E-state index contributed by atoms with van der Waals surface area (Å²) in [5.41, 5.74) is 25.2. The first-order valence-corrected chi connectivity index (χ1v) is 23.1. The Bertz CT molecular complexity index is 3760. The van der Waals surface area contributed by atoms with Crippen LogP contribution in [0.25, 0.3) is 100 Å². The van der Waals surface area contributed by atoms with Crippen LogP contribution < -0.4 is 54.6 Å². The predicted octanol–water partition coefficient (Wildman–Crippen LogP) is -4.68. The van der Waals surface area contributed by atoms with E-state index in [0.29, 0.717) is 17.6 Å². The highest BCUT2D eigenvalue weighted by atomic mass is 15.2. The molecular weight excluding hydrogens is 791 g/mol. The number of benzene rings is 8. The van der Waals surface area contributed by atoms with Gasteiger partial charge >= 0.3 is 0 Å². The van der Waals surface area contributed by atoms with Gasteiger partial charge in [-0.05, 0) is 51.2 Å². The Labute approximate surface area is 395 Å². The summed E-state index contributed by atoms with van der Waals surface area (Å²) in [5.74, 6) is 1.87. The van der Waals surface area contributed by atoms with Gasteiger partial charge in [-0.25, -0.2) is 4.98 Å². The third-order valence-electron chi connectivity index (χ3n) is 15.0. The molecule has 0 bridgehead atoms. The normalized spacial score (nSPS) is 11.6. The number of nitrogens with zero attached hydrogens (tertiary/aromatic N) is 5. The van der Waals surface area contributed by atoms with Crippen LogP contribution in [0.2, 0.25) is 0 Å². The second-order valence-electron chi connectivity index (χ2n) is 18.3. The van der Waals surface area contributed by atoms with Gasteiger partial charge in [-0.2, -0.15) is 9.97 Å². The van der Waals surface area contributed by atoms with Crippen molar-refractivity contribution in [3.63, 3.8) is 0 Å². The zero-order valence-electron chi connectivity index (χ0n) is 39.5. The molecule has 0 amide bonds. The van der Waals surface area contributed by atoms with Crippen molar-refractivity contribution in [1.82, 2.24) is 24.1 Å². The van der Waals surface area contributed by atoms with Crippen molar-refractivity contribution in [3.05, 3.63) is 140 Å². The van der Waals surface area contributed by atoms with Crippen LogP contribution >= 0.6 is 0 Å². The summed E-state index contributed by atoms with van der Waals surface area (Å²) < 4.78 is 4.98. The van der Waals surface area contributed by atoms with E-state index in [4.69, 9.17) is 15.0 Å². The molecule has 0 aliphatic carbocycles. The summed E-state index contributed by atoms with van der Waals surface area (Å²) in [6.07, 6.45) is 0. The van der Waals surface area contributed by atoms with Crippen LogP contribution in [0, 0.1) is 0 Å². The number of aromatic nitrogens is 5. The van der Waals surface area contributed by atoms with Gasteiger partial charge in [-0.15, -0.1) is 10.9 Å². The zero-order chi connectivity index (χ0) is 45.7. The molecule has 11 aromatic rings. The van der Waals surface area contributed by atoms with E-state index in [1.165, 1.54) is 98.4 Å². The molecule has 15 heteroatoms. The lowest BCUT2D eigenvalue weighted by atomic mass is 9.64. The minimum atomic E-state index is 0.599. The fourth-order valence-electron chi connectivity index (χ4n) is 10.7.